The van der Waals surface area contributed by atoms with Crippen molar-refractivity contribution in [1.29, 1.82) is 0 Å². The maximum absolute atomic E-state index is 6.00. The molecule has 0 aliphatic rings. The Bertz CT molecular complexity index is 769. The van der Waals surface area contributed by atoms with Crippen molar-refractivity contribution in [3.63, 3.8) is 0 Å². The Labute approximate surface area is 134 Å². The van der Waals surface area contributed by atoms with Gasteiger partial charge in [0.2, 0.25) is 0 Å². The van der Waals surface area contributed by atoms with Crippen LogP contribution in [0.1, 0.15) is 18.4 Å². The Hall–Kier alpha value is -2.07. The third kappa shape index (κ3) is 3.39. The van der Waals surface area contributed by atoms with Crippen molar-refractivity contribution in [2.24, 2.45) is 0 Å². The van der Waals surface area contributed by atoms with Gasteiger partial charge in [-0.25, -0.2) is 4.68 Å². The van der Waals surface area contributed by atoms with Crippen molar-refractivity contribution >= 4 is 22.6 Å². The summed E-state index contributed by atoms with van der Waals surface area (Å²) >= 11 is 6.00. The first-order chi connectivity index (χ1) is 10.7. The van der Waals surface area contributed by atoms with Gasteiger partial charge in [0.15, 0.2) is 0 Å². The van der Waals surface area contributed by atoms with Crippen LogP contribution in [0.4, 0.5) is 0 Å². The topological polar surface area (TPSA) is 39.9 Å². The van der Waals surface area contributed by atoms with E-state index in [1.807, 2.05) is 54.1 Å². The number of fused-ring (bicyclic) bond motifs is 1. The summed E-state index contributed by atoms with van der Waals surface area (Å²) in [6, 6.07) is 13.7. The highest BCUT2D eigenvalue weighted by atomic mass is 35.5. The van der Waals surface area contributed by atoms with Crippen molar-refractivity contribution in [2.45, 2.75) is 26.3 Å². The van der Waals surface area contributed by atoms with Gasteiger partial charge in [-0.15, -0.1) is 5.10 Å². The number of hydrogen-bond donors (Lipinski definition) is 0. The molecule has 22 heavy (non-hydrogen) atoms. The van der Waals surface area contributed by atoms with Gasteiger partial charge in [0.1, 0.15) is 11.3 Å². The van der Waals surface area contributed by atoms with E-state index in [9.17, 15) is 0 Å². The van der Waals surface area contributed by atoms with Crippen LogP contribution in [0.15, 0.2) is 42.5 Å². The zero-order valence-electron chi connectivity index (χ0n) is 12.5. The zero-order chi connectivity index (χ0) is 15.4. The molecule has 4 nitrogen and oxygen atoms in total. The first kappa shape index (κ1) is 14.9. The molecule has 2 aromatic carbocycles. The SMILES string of the molecule is Cc1cc(OCCCCn2nnc3ccccc32)ccc1Cl. The van der Waals surface area contributed by atoms with E-state index in [4.69, 9.17) is 16.3 Å². The molecular weight excluding hydrogens is 298 g/mol. The maximum atomic E-state index is 6.00. The molecule has 1 aromatic heterocycles. The molecule has 114 valence electrons. The Morgan fingerprint density at radius 2 is 2.00 bits per heavy atom. The third-order valence-corrected chi connectivity index (χ3v) is 4.01. The van der Waals surface area contributed by atoms with E-state index in [0.717, 1.165) is 46.8 Å². The number of aryl methyl sites for hydroxylation is 2. The minimum atomic E-state index is 0.688. The second kappa shape index (κ2) is 6.79. The Morgan fingerprint density at radius 3 is 2.86 bits per heavy atom. The van der Waals surface area contributed by atoms with Crippen LogP contribution < -0.4 is 4.74 Å². The summed E-state index contributed by atoms with van der Waals surface area (Å²) in [7, 11) is 0. The Kier molecular flexibility index (Phi) is 4.59. The van der Waals surface area contributed by atoms with Gasteiger partial charge >= 0.3 is 0 Å². The minimum Gasteiger partial charge on any atom is -0.494 e. The lowest BCUT2D eigenvalue weighted by atomic mass is 10.2. The summed E-state index contributed by atoms with van der Waals surface area (Å²) in [5.41, 5.74) is 3.06. The van der Waals surface area contributed by atoms with Crippen LogP contribution in [0, 0.1) is 6.92 Å². The lowest BCUT2D eigenvalue weighted by molar-refractivity contribution is 0.302. The number of benzene rings is 2. The molecule has 0 aliphatic heterocycles. The average molecular weight is 316 g/mol. The van der Waals surface area contributed by atoms with Crippen LogP contribution in [0.25, 0.3) is 11.0 Å². The highest BCUT2D eigenvalue weighted by Gasteiger charge is 2.03. The van der Waals surface area contributed by atoms with Crippen LogP contribution in [-0.4, -0.2) is 21.6 Å². The fourth-order valence-electron chi connectivity index (χ4n) is 2.34. The standard InChI is InChI=1S/C17H18ClN3O/c1-13-12-14(8-9-15(13)18)22-11-5-4-10-21-17-7-3-2-6-16(17)19-20-21/h2-3,6-9,12H,4-5,10-11H2,1H3. The smallest absolute Gasteiger partial charge is 0.119 e. The van der Waals surface area contributed by atoms with Gasteiger partial charge in [0.05, 0.1) is 12.1 Å². The molecule has 3 aromatic rings. The number of hydrogen-bond acceptors (Lipinski definition) is 3. The molecule has 5 heteroatoms. The second-order valence-corrected chi connectivity index (χ2v) is 5.68. The minimum absolute atomic E-state index is 0.688. The van der Waals surface area contributed by atoms with Crippen LogP contribution in [-0.2, 0) is 6.54 Å². The van der Waals surface area contributed by atoms with E-state index >= 15 is 0 Å². The molecule has 0 unspecified atom stereocenters. The number of unbranched alkanes of at least 4 members (excludes halogenated alkanes) is 1. The average Bonchev–Trinajstić information content (AvgIpc) is 2.94. The lowest BCUT2D eigenvalue weighted by Crippen LogP contribution is -2.03. The third-order valence-electron chi connectivity index (χ3n) is 3.58. The molecule has 0 aliphatic carbocycles. The number of nitrogens with zero attached hydrogens (tertiary/aromatic N) is 3. The normalized spacial score (nSPS) is 11.0. The number of rotatable bonds is 6. The quantitative estimate of drug-likeness (QED) is 0.638. The van der Waals surface area contributed by atoms with Gasteiger partial charge in [0, 0.05) is 11.6 Å². The molecule has 0 atom stereocenters. The van der Waals surface area contributed by atoms with E-state index in [1.165, 1.54) is 0 Å². The summed E-state index contributed by atoms with van der Waals surface area (Å²) < 4.78 is 7.69. The summed E-state index contributed by atoms with van der Waals surface area (Å²) in [4.78, 5) is 0. The number of ether oxygens (including phenoxy) is 1. The number of halogens is 1. The highest BCUT2D eigenvalue weighted by Crippen LogP contribution is 2.21. The van der Waals surface area contributed by atoms with Crippen LogP contribution in [0.5, 0.6) is 5.75 Å². The van der Waals surface area contributed by atoms with Crippen LogP contribution in [0.2, 0.25) is 5.02 Å². The fraction of sp³-hybridized carbons (Fsp3) is 0.294. The molecule has 0 amide bonds. The van der Waals surface area contributed by atoms with Crippen LogP contribution in [0.3, 0.4) is 0 Å². The molecule has 0 saturated heterocycles. The summed E-state index contributed by atoms with van der Waals surface area (Å²) in [5, 5.41) is 9.10. The van der Waals surface area contributed by atoms with Crippen molar-refractivity contribution < 1.29 is 4.74 Å². The molecule has 1 heterocycles. The van der Waals surface area contributed by atoms with E-state index in [0.29, 0.717) is 6.61 Å². The Balaban J connectivity index is 1.46. The maximum Gasteiger partial charge on any atom is 0.119 e. The second-order valence-electron chi connectivity index (χ2n) is 5.27. The Morgan fingerprint density at radius 1 is 1.14 bits per heavy atom. The number of para-hydroxylation sites is 1. The van der Waals surface area contributed by atoms with Gasteiger partial charge in [0.25, 0.3) is 0 Å². The van der Waals surface area contributed by atoms with E-state index in [1.54, 1.807) is 0 Å². The highest BCUT2D eigenvalue weighted by molar-refractivity contribution is 6.31. The van der Waals surface area contributed by atoms with E-state index < -0.39 is 0 Å². The monoisotopic (exact) mass is 315 g/mol. The van der Waals surface area contributed by atoms with Crippen LogP contribution >= 0.6 is 11.6 Å². The predicted octanol–water partition coefficient (Wildman–Crippen LogP) is 4.25. The molecule has 0 N–H and O–H groups in total. The van der Waals surface area contributed by atoms with Crippen molar-refractivity contribution in [2.75, 3.05) is 6.61 Å². The van der Waals surface area contributed by atoms with E-state index in [-0.39, 0.29) is 0 Å². The number of aromatic nitrogens is 3. The molecule has 0 radical (unpaired) electrons. The first-order valence-electron chi connectivity index (χ1n) is 7.41. The summed E-state index contributed by atoms with van der Waals surface area (Å²) in [6.45, 7) is 3.52. The van der Waals surface area contributed by atoms with Gasteiger partial charge in [-0.2, -0.15) is 0 Å². The van der Waals surface area contributed by atoms with Crippen molar-refractivity contribution in [1.82, 2.24) is 15.0 Å². The van der Waals surface area contributed by atoms with Gasteiger partial charge in [-0.05, 0) is 55.7 Å². The predicted molar refractivity (Wildman–Crippen MR) is 88.4 cm³/mol. The van der Waals surface area contributed by atoms with Gasteiger partial charge < -0.3 is 4.74 Å². The van der Waals surface area contributed by atoms with Gasteiger partial charge in [-0.3, -0.25) is 0 Å². The largest absolute Gasteiger partial charge is 0.494 e. The van der Waals surface area contributed by atoms with Crippen molar-refractivity contribution in [3.8, 4) is 5.75 Å². The zero-order valence-corrected chi connectivity index (χ0v) is 13.3. The van der Waals surface area contributed by atoms with Gasteiger partial charge in [-0.1, -0.05) is 28.9 Å². The molecular formula is C17H18ClN3O. The molecule has 3 rings (SSSR count). The van der Waals surface area contributed by atoms with E-state index in [2.05, 4.69) is 10.3 Å². The first-order valence-corrected chi connectivity index (χ1v) is 7.79. The molecule has 0 saturated carbocycles. The summed E-state index contributed by atoms with van der Waals surface area (Å²) in [5.74, 6) is 0.869. The molecule has 0 spiro atoms. The lowest BCUT2D eigenvalue weighted by Gasteiger charge is -2.08. The molecule has 0 fully saturated rings. The molecule has 0 bridgehead atoms. The summed E-state index contributed by atoms with van der Waals surface area (Å²) in [6.07, 6.45) is 1.97. The fourth-order valence-corrected chi connectivity index (χ4v) is 2.46. The van der Waals surface area contributed by atoms with Crippen molar-refractivity contribution in [3.05, 3.63) is 53.1 Å².